The largest absolute Gasteiger partial charge is 0.361 e. The van der Waals surface area contributed by atoms with Crippen molar-refractivity contribution in [1.29, 1.82) is 0 Å². The highest BCUT2D eigenvalue weighted by Crippen LogP contribution is 2.35. The SMILES string of the molecule is O=C(CC1NNC(=O)C2CCCCC12)Nc1ccc2[nH]ccc2c1. The summed E-state index contributed by atoms with van der Waals surface area (Å²) in [5, 5.41) is 4.04. The van der Waals surface area contributed by atoms with Gasteiger partial charge in [0.05, 0.1) is 0 Å². The van der Waals surface area contributed by atoms with Crippen LogP contribution in [0.15, 0.2) is 30.5 Å². The van der Waals surface area contributed by atoms with Crippen molar-refractivity contribution < 1.29 is 9.59 Å². The van der Waals surface area contributed by atoms with Crippen molar-refractivity contribution in [3.8, 4) is 0 Å². The monoisotopic (exact) mass is 326 g/mol. The van der Waals surface area contributed by atoms with E-state index in [0.29, 0.717) is 6.42 Å². The maximum absolute atomic E-state index is 12.4. The van der Waals surface area contributed by atoms with Crippen LogP contribution in [-0.4, -0.2) is 22.8 Å². The third-order valence-electron chi connectivity index (χ3n) is 5.30. The van der Waals surface area contributed by atoms with Gasteiger partial charge in [-0.2, -0.15) is 0 Å². The average Bonchev–Trinajstić information content (AvgIpc) is 3.05. The summed E-state index contributed by atoms with van der Waals surface area (Å²) < 4.78 is 0. The van der Waals surface area contributed by atoms with Crippen LogP contribution in [0.4, 0.5) is 5.69 Å². The number of rotatable bonds is 3. The number of anilines is 1. The molecule has 0 radical (unpaired) electrons. The molecule has 2 aromatic rings. The highest BCUT2D eigenvalue weighted by molar-refractivity contribution is 5.94. The maximum Gasteiger partial charge on any atom is 0.237 e. The van der Waals surface area contributed by atoms with Gasteiger partial charge in [-0.05, 0) is 43.0 Å². The standard InChI is InChI=1S/C18H22N4O2/c23-17(20-12-5-6-15-11(9-12)7-8-19-15)10-16-13-3-1-2-4-14(13)18(24)22-21-16/h5-9,13-14,16,19,21H,1-4,10H2,(H,20,23)(H,22,24). The fourth-order valence-corrected chi connectivity index (χ4v) is 4.08. The van der Waals surface area contributed by atoms with Crippen LogP contribution < -0.4 is 16.2 Å². The molecule has 1 saturated heterocycles. The summed E-state index contributed by atoms with van der Waals surface area (Å²) in [5.41, 5.74) is 7.64. The molecule has 0 spiro atoms. The summed E-state index contributed by atoms with van der Waals surface area (Å²) in [5.74, 6) is 0.358. The molecule has 126 valence electrons. The number of fused-ring (bicyclic) bond motifs is 2. The van der Waals surface area contributed by atoms with Crippen LogP contribution in [0.5, 0.6) is 0 Å². The Morgan fingerprint density at radius 1 is 1.21 bits per heavy atom. The summed E-state index contributed by atoms with van der Waals surface area (Å²) >= 11 is 0. The highest BCUT2D eigenvalue weighted by atomic mass is 16.2. The Bertz CT molecular complexity index is 769. The number of amides is 2. The van der Waals surface area contributed by atoms with Crippen molar-refractivity contribution in [2.24, 2.45) is 11.8 Å². The average molecular weight is 326 g/mol. The number of hydrogen-bond donors (Lipinski definition) is 4. The van der Waals surface area contributed by atoms with Gasteiger partial charge in [0, 0.05) is 41.2 Å². The number of carbonyl (C=O) groups is 2. The Labute approximate surface area is 140 Å². The van der Waals surface area contributed by atoms with Crippen LogP contribution in [-0.2, 0) is 9.59 Å². The first-order chi connectivity index (χ1) is 11.7. The molecule has 3 atom stereocenters. The van der Waals surface area contributed by atoms with Gasteiger partial charge in [0.15, 0.2) is 0 Å². The van der Waals surface area contributed by atoms with Gasteiger partial charge in [-0.3, -0.25) is 15.0 Å². The van der Waals surface area contributed by atoms with Gasteiger partial charge in [-0.1, -0.05) is 12.8 Å². The Balaban J connectivity index is 1.42. The molecule has 6 nitrogen and oxygen atoms in total. The number of benzene rings is 1. The molecule has 1 aliphatic carbocycles. The third-order valence-corrected chi connectivity index (χ3v) is 5.30. The van der Waals surface area contributed by atoms with Gasteiger partial charge in [0.2, 0.25) is 11.8 Å². The summed E-state index contributed by atoms with van der Waals surface area (Å²) in [7, 11) is 0. The molecule has 6 heteroatoms. The molecule has 1 aromatic heterocycles. The number of aromatic nitrogens is 1. The number of hydrazine groups is 1. The molecule has 4 rings (SSSR count). The lowest BCUT2D eigenvalue weighted by Crippen LogP contribution is -2.60. The summed E-state index contributed by atoms with van der Waals surface area (Å²) in [6, 6.07) is 7.81. The third kappa shape index (κ3) is 2.89. The molecule has 1 saturated carbocycles. The Morgan fingerprint density at radius 2 is 2.08 bits per heavy atom. The smallest absolute Gasteiger partial charge is 0.237 e. The number of hydrogen-bond acceptors (Lipinski definition) is 3. The van der Waals surface area contributed by atoms with E-state index in [2.05, 4.69) is 21.2 Å². The minimum atomic E-state index is -0.0251. The van der Waals surface area contributed by atoms with Gasteiger partial charge in [0.1, 0.15) is 0 Å². The van der Waals surface area contributed by atoms with Crippen LogP contribution in [0.25, 0.3) is 10.9 Å². The van der Waals surface area contributed by atoms with Crippen molar-refractivity contribution in [2.45, 2.75) is 38.1 Å². The van der Waals surface area contributed by atoms with Crippen molar-refractivity contribution >= 4 is 28.4 Å². The van der Waals surface area contributed by atoms with E-state index in [1.54, 1.807) is 0 Å². The molecule has 0 bridgehead atoms. The lowest BCUT2D eigenvalue weighted by atomic mass is 9.73. The van der Waals surface area contributed by atoms with E-state index < -0.39 is 0 Å². The predicted molar refractivity (Wildman–Crippen MR) is 92.1 cm³/mol. The number of carbonyl (C=O) groups excluding carboxylic acids is 2. The van der Waals surface area contributed by atoms with Crippen LogP contribution >= 0.6 is 0 Å². The lowest BCUT2D eigenvalue weighted by molar-refractivity contribution is -0.134. The Hall–Kier alpha value is -2.34. The van der Waals surface area contributed by atoms with E-state index in [9.17, 15) is 9.59 Å². The first kappa shape index (κ1) is 15.2. The van der Waals surface area contributed by atoms with E-state index >= 15 is 0 Å². The quantitative estimate of drug-likeness (QED) is 0.698. The minimum Gasteiger partial charge on any atom is -0.361 e. The van der Waals surface area contributed by atoms with Crippen LogP contribution in [0.1, 0.15) is 32.1 Å². The first-order valence-corrected chi connectivity index (χ1v) is 8.63. The van der Waals surface area contributed by atoms with Crippen molar-refractivity contribution in [2.75, 3.05) is 5.32 Å². The van der Waals surface area contributed by atoms with Crippen LogP contribution in [0, 0.1) is 11.8 Å². The molecule has 3 unspecified atom stereocenters. The molecular formula is C18H22N4O2. The molecule has 2 heterocycles. The van der Waals surface area contributed by atoms with Crippen LogP contribution in [0.2, 0.25) is 0 Å². The van der Waals surface area contributed by atoms with E-state index in [1.165, 1.54) is 0 Å². The normalized spacial score (nSPS) is 26.7. The number of nitrogens with one attached hydrogen (secondary N) is 4. The zero-order chi connectivity index (χ0) is 16.5. The molecule has 2 fully saturated rings. The summed E-state index contributed by atoms with van der Waals surface area (Å²) in [6.07, 6.45) is 6.43. The maximum atomic E-state index is 12.4. The van der Waals surface area contributed by atoms with Gasteiger partial charge in [-0.15, -0.1) is 0 Å². The zero-order valence-corrected chi connectivity index (χ0v) is 13.5. The molecule has 2 aliphatic rings. The topological polar surface area (TPSA) is 86.0 Å². The van der Waals surface area contributed by atoms with E-state index in [-0.39, 0.29) is 29.7 Å². The van der Waals surface area contributed by atoms with E-state index in [4.69, 9.17) is 0 Å². The molecular weight excluding hydrogens is 304 g/mol. The fraction of sp³-hybridized carbons (Fsp3) is 0.444. The summed E-state index contributed by atoms with van der Waals surface area (Å²) in [4.78, 5) is 27.6. The fourth-order valence-electron chi connectivity index (χ4n) is 4.08. The molecule has 24 heavy (non-hydrogen) atoms. The van der Waals surface area contributed by atoms with Crippen molar-refractivity contribution in [1.82, 2.24) is 15.8 Å². The van der Waals surface area contributed by atoms with E-state index in [0.717, 1.165) is 42.3 Å². The molecule has 1 aliphatic heterocycles. The molecule has 4 N–H and O–H groups in total. The minimum absolute atomic E-state index is 0.00369. The second kappa shape index (κ2) is 6.28. The second-order valence-electron chi connectivity index (χ2n) is 6.83. The lowest BCUT2D eigenvalue weighted by Gasteiger charge is -2.40. The van der Waals surface area contributed by atoms with Gasteiger partial charge < -0.3 is 10.3 Å². The first-order valence-electron chi connectivity index (χ1n) is 8.63. The molecule has 1 aromatic carbocycles. The summed E-state index contributed by atoms with van der Waals surface area (Å²) in [6.45, 7) is 0. The van der Waals surface area contributed by atoms with Crippen molar-refractivity contribution in [3.05, 3.63) is 30.5 Å². The van der Waals surface area contributed by atoms with Crippen LogP contribution in [0.3, 0.4) is 0 Å². The molecule has 2 amide bonds. The zero-order valence-electron chi connectivity index (χ0n) is 13.5. The van der Waals surface area contributed by atoms with Gasteiger partial charge >= 0.3 is 0 Å². The predicted octanol–water partition coefficient (Wildman–Crippen LogP) is 2.31. The highest BCUT2D eigenvalue weighted by Gasteiger charge is 2.40. The Kier molecular flexibility index (Phi) is 3.98. The van der Waals surface area contributed by atoms with Gasteiger partial charge in [0.25, 0.3) is 0 Å². The second-order valence-corrected chi connectivity index (χ2v) is 6.83. The van der Waals surface area contributed by atoms with E-state index in [1.807, 2.05) is 30.5 Å². The Morgan fingerprint density at radius 3 is 3.00 bits per heavy atom. The number of aromatic amines is 1. The van der Waals surface area contributed by atoms with Gasteiger partial charge in [-0.25, -0.2) is 5.43 Å². The number of H-pyrrole nitrogens is 1. The van der Waals surface area contributed by atoms with Crippen molar-refractivity contribution in [3.63, 3.8) is 0 Å².